The van der Waals surface area contributed by atoms with E-state index in [4.69, 9.17) is 0 Å². The first-order valence-electron chi connectivity index (χ1n) is 7.08. The molecule has 0 saturated heterocycles. The molecule has 2 aliphatic rings. The summed E-state index contributed by atoms with van der Waals surface area (Å²) < 4.78 is 0. The van der Waals surface area contributed by atoms with Gasteiger partial charge in [0.15, 0.2) is 0 Å². The summed E-state index contributed by atoms with van der Waals surface area (Å²) in [5, 5.41) is 12.7. The Morgan fingerprint density at radius 2 is 1.89 bits per heavy atom. The number of fused-ring (bicyclic) bond motifs is 1. The fourth-order valence-corrected chi connectivity index (χ4v) is 3.05. The molecular formula is C16H20N2. The molecule has 0 heterocycles. The highest BCUT2D eigenvalue weighted by Crippen LogP contribution is 2.40. The van der Waals surface area contributed by atoms with Crippen molar-refractivity contribution in [2.24, 2.45) is 5.41 Å². The van der Waals surface area contributed by atoms with Crippen molar-refractivity contribution in [3.05, 3.63) is 29.3 Å². The Bertz CT molecular complexity index is 480. The zero-order valence-corrected chi connectivity index (χ0v) is 10.8. The highest BCUT2D eigenvalue weighted by atomic mass is 14.9. The Morgan fingerprint density at radius 1 is 1.11 bits per heavy atom. The molecule has 0 aromatic heterocycles. The molecule has 0 atom stereocenters. The van der Waals surface area contributed by atoms with Crippen LogP contribution in [0.15, 0.2) is 18.2 Å². The van der Waals surface area contributed by atoms with Gasteiger partial charge in [0.1, 0.15) is 0 Å². The standard InChI is InChI=1S/C16H20N2/c17-11-16(8-3-9-16)12-18-15-7-6-13-4-1-2-5-14(13)10-15/h6-7,10,18H,1-5,8-9,12H2. The molecule has 18 heavy (non-hydrogen) atoms. The fraction of sp³-hybridized carbons (Fsp3) is 0.562. The van der Waals surface area contributed by atoms with E-state index < -0.39 is 0 Å². The summed E-state index contributed by atoms with van der Waals surface area (Å²) in [6, 6.07) is 9.21. The van der Waals surface area contributed by atoms with E-state index in [0.717, 1.165) is 19.4 Å². The molecule has 94 valence electrons. The van der Waals surface area contributed by atoms with Crippen LogP contribution in [0.4, 0.5) is 5.69 Å². The largest absolute Gasteiger partial charge is 0.383 e. The van der Waals surface area contributed by atoms with Gasteiger partial charge in [-0.2, -0.15) is 5.26 Å². The van der Waals surface area contributed by atoms with Crippen LogP contribution >= 0.6 is 0 Å². The van der Waals surface area contributed by atoms with Crippen LogP contribution in [0.3, 0.4) is 0 Å². The smallest absolute Gasteiger partial charge is 0.0746 e. The molecule has 3 rings (SSSR count). The third-order valence-corrected chi connectivity index (χ3v) is 4.53. The summed E-state index contributed by atoms with van der Waals surface area (Å²) in [4.78, 5) is 0. The van der Waals surface area contributed by atoms with Crippen molar-refractivity contribution in [3.8, 4) is 6.07 Å². The average Bonchev–Trinajstić information content (AvgIpc) is 2.38. The lowest BCUT2D eigenvalue weighted by Crippen LogP contribution is -2.35. The molecule has 0 radical (unpaired) electrons. The predicted octanol–water partition coefficient (Wildman–Crippen LogP) is 3.67. The second-order valence-corrected chi connectivity index (χ2v) is 5.79. The van der Waals surface area contributed by atoms with Crippen molar-refractivity contribution in [1.82, 2.24) is 0 Å². The zero-order valence-electron chi connectivity index (χ0n) is 10.8. The number of benzene rings is 1. The number of rotatable bonds is 3. The van der Waals surface area contributed by atoms with Gasteiger partial charge < -0.3 is 5.32 Å². The minimum Gasteiger partial charge on any atom is -0.383 e. The van der Waals surface area contributed by atoms with E-state index in [1.165, 1.54) is 48.9 Å². The van der Waals surface area contributed by atoms with Crippen LogP contribution in [-0.2, 0) is 12.8 Å². The molecule has 2 nitrogen and oxygen atoms in total. The lowest BCUT2D eigenvalue weighted by Gasteiger charge is -2.35. The highest BCUT2D eigenvalue weighted by Gasteiger charge is 2.36. The summed E-state index contributed by atoms with van der Waals surface area (Å²) in [6.45, 7) is 0.808. The van der Waals surface area contributed by atoms with Gasteiger partial charge in [-0.15, -0.1) is 0 Å². The number of hydrogen-bond donors (Lipinski definition) is 1. The van der Waals surface area contributed by atoms with Gasteiger partial charge in [-0.05, 0) is 61.8 Å². The molecule has 2 heteroatoms. The number of aryl methyl sites for hydroxylation is 2. The van der Waals surface area contributed by atoms with Gasteiger partial charge in [0.05, 0.1) is 11.5 Å². The average molecular weight is 240 g/mol. The monoisotopic (exact) mass is 240 g/mol. The van der Waals surface area contributed by atoms with Crippen molar-refractivity contribution in [2.45, 2.75) is 44.9 Å². The second kappa shape index (κ2) is 4.65. The maximum absolute atomic E-state index is 9.22. The van der Waals surface area contributed by atoms with Crippen LogP contribution in [0.25, 0.3) is 0 Å². The van der Waals surface area contributed by atoms with Crippen molar-refractivity contribution >= 4 is 5.69 Å². The maximum Gasteiger partial charge on any atom is 0.0746 e. The number of hydrogen-bond acceptors (Lipinski definition) is 2. The normalized spacial score (nSPS) is 20.4. The van der Waals surface area contributed by atoms with Crippen LogP contribution in [-0.4, -0.2) is 6.54 Å². The minimum atomic E-state index is -0.0874. The summed E-state index contributed by atoms with van der Waals surface area (Å²) >= 11 is 0. The number of anilines is 1. The van der Waals surface area contributed by atoms with Gasteiger partial charge in [-0.1, -0.05) is 12.5 Å². The molecule has 1 saturated carbocycles. The highest BCUT2D eigenvalue weighted by molar-refractivity contribution is 5.50. The quantitative estimate of drug-likeness (QED) is 0.875. The van der Waals surface area contributed by atoms with Crippen LogP contribution in [0.5, 0.6) is 0 Å². The van der Waals surface area contributed by atoms with Gasteiger partial charge in [0, 0.05) is 12.2 Å². The van der Waals surface area contributed by atoms with Crippen molar-refractivity contribution in [1.29, 1.82) is 5.26 Å². The molecule has 0 spiro atoms. The number of nitrogens with one attached hydrogen (secondary N) is 1. The fourth-order valence-electron chi connectivity index (χ4n) is 3.05. The zero-order chi connectivity index (χ0) is 12.4. The Hall–Kier alpha value is -1.49. The Morgan fingerprint density at radius 3 is 2.56 bits per heavy atom. The molecular weight excluding hydrogens is 220 g/mol. The third kappa shape index (κ3) is 2.10. The van der Waals surface area contributed by atoms with Crippen molar-refractivity contribution in [3.63, 3.8) is 0 Å². The number of nitrogens with zero attached hydrogens (tertiary/aromatic N) is 1. The molecule has 1 aromatic rings. The van der Waals surface area contributed by atoms with E-state index >= 15 is 0 Å². The summed E-state index contributed by atoms with van der Waals surface area (Å²) in [5.74, 6) is 0. The van der Waals surface area contributed by atoms with Gasteiger partial charge in [0.2, 0.25) is 0 Å². The van der Waals surface area contributed by atoms with E-state index in [2.05, 4.69) is 29.6 Å². The lowest BCUT2D eigenvalue weighted by molar-refractivity contribution is 0.233. The minimum absolute atomic E-state index is 0.0874. The van der Waals surface area contributed by atoms with Crippen molar-refractivity contribution in [2.75, 3.05) is 11.9 Å². The summed E-state index contributed by atoms with van der Waals surface area (Å²) in [6.07, 6.45) is 8.42. The van der Waals surface area contributed by atoms with E-state index in [-0.39, 0.29) is 5.41 Å². The van der Waals surface area contributed by atoms with Gasteiger partial charge in [0.25, 0.3) is 0 Å². The Labute approximate surface area is 109 Å². The molecule has 2 aliphatic carbocycles. The summed E-state index contributed by atoms with van der Waals surface area (Å²) in [5.41, 5.74) is 4.13. The molecule has 0 unspecified atom stereocenters. The first-order chi connectivity index (χ1) is 8.81. The predicted molar refractivity (Wildman–Crippen MR) is 73.5 cm³/mol. The topological polar surface area (TPSA) is 35.8 Å². The third-order valence-electron chi connectivity index (χ3n) is 4.53. The summed E-state index contributed by atoms with van der Waals surface area (Å²) in [7, 11) is 0. The van der Waals surface area contributed by atoms with Gasteiger partial charge >= 0.3 is 0 Å². The van der Waals surface area contributed by atoms with Crippen LogP contribution in [0.1, 0.15) is 43.2 Å². The molecule has 1 N–H and O–H groups in total. The molecule has 1 aromatic carbocycles. The van der Waals surface area contributed by atoms with E-state index in [9.17, 15) is 5.26 Å². The first-order valence-corrected chi connectivity index (χ1v) is 7.08. The van der Waals surface area contributed by atoms with Gasteiger partial charge in [-0.3, -0.25) is 0 Å². The van der Waals surface area contributed by atoms with Crippen LogP contribution < -0.4 is 5.32 Å². The maximum atomic E-state index is 9.22. The molecule has 0 aliphatic heterocycles. The van der Waals surface area contributed by atoms with E-state index in [1.807, 2.05) is 0 Å². The van der Waals surface area contributed by atoms with E-state index in [0.29, 0.717) is 0 Å². The molecule has 1 fully saturated rings. The first kappa shape index (κ1) is 11.6. The number of nitriles is 1. The van der Waals surface area contributed by atoms with E-state index in [1.54, 1.807) is 0 Å². The van der Waals surface area contributed by atoms with Crippen molar-refractivity contribution < 1.29 is 0 Å². The second-order valence-electron chi connectivity index (χ2n) is 5.79. The lowest BCUT2D eigenvalue weighted by atomic mass is 9.70. The molecule has 0 bridgehead atoms. The van der Waals surface area contributed by atoms with Crippen LogP contribution in [0.2, 0.25) is 0 Å². The molecule has 0 amide bonds. The Kier molecular flexibility index (Phi) is 2.99. The van der Waals surface area contributed by atoms with Crippen LogP contribution in [0, 0.1) is 16.7 Å². The van der Waals surface area contributed by atoms with Gasteiger partial charge in [-0.25, -0.2) is 0 Å². The Balaban J connectivity index is 1.68. The SMILES string of the molecule is N#CC1(CNc2ccc3c(c2)CCCC3)CCC1.